The van der Waals surface area contributed by atoms with E-state index in [1.54, 1.807) is 6.08 Å². The molecular formula is C11H13N5O3. The van der Waals surface area contributed by atoms with Crippen LogP contribution in [0.25, 0.3) is 5.65 Å². The van der Waals surface area contributed by atoms with Gasteiger partial charge in [-0.15, -0.1) is 0 Å². The Morgan fingerprint density at radius 2 is 2.11 bits per heavy atom. The minimum atomic E-state index is -1.08. The molecule has 0 fully saturated rings. The average Bonchev–Trinajstić information content (AvgIpc) is 2.94. The Morgan fingerprint density at radius 1 is 1.32 bits per heavy atom. The van der Waals surface area contributed by atoms with E-state index in [4.69, 9.17) is 10.8 Å². The van der Waals surface area contributed by atoms with E-state index in [1.165, 1.54) is 17.0 Å². The second kappa shape index (κ2) is 4.26. The highest BCUT2D eigenvalue weighted by Crippen LogP contribution is 2.34. The first kappa shape index (κ1) is 12.0. The molecule has 2 aromatic heterocycles. The molecule has 8 heteroatoms. The van der Waals surface area contributed by atoms with Gasteiger partial charge >= 0.3 is 0 Å². The maximum atomic E-state index is 10.0. The lowest BCUT2D eigenvalue weighted by atomic mass is 9.98. The van der Waals surface area contributed by atoms with E-state index >= 15 is 0 Å². The maximum Gasteiger partial charge on any atom is 0.224 e. The number of fused-ring (bicyclic) bond motifs is 1. The van der Waals surface area contributed by atoms with Gasteiger partial charge in [-0.1, -0.05) is 6.08 Å². The standard InChI is InChI=1S/C11H13N5O3/c12-11-14-4-13-10-7(2-15-16(10)11)6-1-5(3-17)8(18)9(6)19/h1-2,4,6,8-9,17-19H,3H2,(H2,12,13,14)/t6?,8-,9-/m0/s1. The van der Waals surface area contributed by atoms with Crippen LogP contribution >= 0.6 is 0 Å². The SMILES string of the molecule is Nc1ncnc2c(C3C=C(CO)[C@H](O)[C@H]3O)cnn12. The van der Waals surface area contributed by atoms with E-state index in [1.807, 2.05) is 0 Å². The van der Waals surface area contributed by atoms with Crippen LogP contribution in [0.1, 0.15) is 11.5 Å². The number of hydrogen-bond donors (Lipinski definition) is 4. The summed E-state index contributed by atoms with van der Waals surface area (Å²) >= 11 is 0. The lowest BCUT2D eigenvalue weighted by Crippen LogP contribution is -2.27. The van der Waals surface area contributed by atoms with Crippen LogP contribution in [0.15, 0.2) is 24.2 Å². The molecule has 2 heterocycles. The van der Waals surface area contributed by atoms with Crippen LogP contribution < -0.4 is 5.73 Å². The second-order valence-corrected chi connectivity index (χ2v) is 4.43. The summed E-state index contributed by atoms with van der Waals surface area (Å²) in [5.74, 6) is -0.292. The Kier molecular flexibility index (Phi) is 2.70. The van der Waals surface area contributed by atoms with Crippen molar-refractivity contribution in [3.8, 4) is 0 Å². The van der Waals surface area contributed by atoms with Gasteiger partial charge in [-0.2, -0.15) is 9.61 Å². The van der Waals surface area contributed by atoms with Crippen LogP contribution in [-0.4, -0.2) is 53.7 Å². The lowest BCUT2D eigenvalue weighted by molar-refractivity contribution is 0.0407. The monoisotopic (exact) mass is 263 g/mol. The summed E-state index contributed by atoms with van der Waals surface area (Å²) in [6.07, 6.45) is 2.35. The normalized spacial score (nSPS) is 26.9. The number of aliphatic hydroxyl groups excluding tert-OH is 3. The largest absolute Gasteiger partial charge is 0.392 e. The minimum Gasteiger partial charge on any atom is -0.392 e. The molecule has 0 radical (unpaired) electrons. The van der Waals surface area contributed by atoms with Gasteiger partial charge in [-0.25, -0.2) is 9.97 Å². The van der Waals surface area contributed by atoms with Crippen LogP contribution in [-0.2, 0) is 0 Å². The highest BCUT2D eigenvalue weighted by atomic mass is 16.3. The molecule has 1 aliphatic carbocycles. The van der Waals surface area contributed by atoms with Crippen molar-refractivity contribution in [1.29, 1.82) is 0 Å². The fraction of sp³-hybridized carbons (Fsp3) is 0.364. The zero-order valence-corrected chi connectivity index (χ0v) is 9.88. The Morgan fingerprint density at radius 3 is 2.79 bits per heavy atom. The summed E-state index contributed by atoms with van der Waals surface area (Å²) in [7, 11) is 0. The zero-order chi connectivity index (χ0) is 13.6. The van der Waals surface area contributed by atoms with E-state index in [9.17, 15) is 10.2 Å². The summed E-state index contributed by atoms with van der Waals surface area (Å²) in [5, 5.41) is 33.0. The van der Waals surface area contributed by atoms with Crippen molar-refractivity contribution in [2.75, 3.05) is 12.3 Å². The number of hydrogen-bond acceptors (Lipinski definition) is 7. The molecule has 0 bridgehead atoms. The molecule has 3 rings (SSSR count). The van der Waals surface area contributed by atoms with E-state index in [0.717, 1.165) is 0 Å². The number of nitrogens with two attached hydrogens (primary N) is 1. The molecule has 1 aliphatic rings. The highest BCUT2D eigenvalue weighted by Gasteiger charge is 2.36. The number of rotatable bonds is 2. The number of aliphatic hydroxyl groups is 3. The first-order valence-electron chi connectivity index (χ1n) is 5.75. The molecule has 0 saturated carbocycles. The summed E-state index contributed by atoms with van der Waals surface area (Å²) in [5.41, 5.74) is 7.15. The van der Waals surface area contributed by atoms with Crippen molar-refractivity contribution >= 4 is 11.6 Å². The van der Waals surface area contributed by atoms with Gasteiger partial charge in [0.2, 0.25) is 5.95 Å². The molecule has 19 heavy (non-hydrogen) atoms. The molecule has 0 aromatic carbocycles. The lowest BCUT2D eigenvalue weighted by Gasteiger charge is -2.16. The smallest absolute Gasteiger partial charge is 0.224 e. The second-order valence-electron chi connectivity index (χ2n) is 4.43. The number of anilines is 1. The molecule has 0 saturated heterocycles. The van der Waals surface area contributed by atoms with E-state index in [2.05, 4.69) is 15.1 Å². The molecule has 1 unspecified atom stereocenters. The van der Waals surface area contributed by atoms with Crippen LogP contribution in [0.3, 0.4) is 0 Å². The number of aromatic nitrogens is 4. The maximum absolute atomic E-state index is 10.0. The van der Waals surface area contributed by atoms with Gasteiger partial charge in [0.25, 0.3) is 0 Å². The summed E-state index contributed by atoms with van der Waals surface area (Å²) in [6, 6.07) is 0. The van der Waals surface area contributed by atoms with E-state index in [-0.39, 0.29) is 12.6 Å². The third-order valence-electron chi connectivity index (χ3n) is 3.36. The van der Waals surface area contributed by atoms with Crippen molar-refractivity contribution in [3.63, 3.8) is 0 Å². The van der Waals surface area contributed by atoms with Crippen molar-refractivity contribution in [2.45, 2.75) is 18.1 Å². The summed E-state index contributed by atoms with van der Waals surface area (Å²) < 4.78 is 1.36. The molecule has 2 aromatic rings. The van der Waals surface area contributed by atoms with Gasteiger partial charge in [-0.05, 0) is 5.57 Å². The van der Waals surface area contributed by atoms with Crippen molar-refractivity contribution in [2.24, 2.45) is 0 Å². The fourth-order valence-corrected chi connectivity index (χ4v) is 2.35. The van der Waals surface area contributed by atoms with Gasteiger partial charge in [0.05, 0.1) is 18.9 Å². The summed E-state index contributed by atoms with van der Waals surface area (Å²) in [4.78, 5) is 7.89. The van der Waals surface area contributed by atoms with Crippen LogP contribution in [0.5, 0.6) is 0 Å². The number of nitrogens with zero attached hydrogens (tertiary/aromatic N) is 4. The molecule has 0 aliphatic heterocycles. The van der Waals surface area contributed by atoms with Crippen molar-refractivity contribution in [3.05, 3.63) is 29.7 Å². The van der Waals surface area contributed by atoms with Gasteiger partial charge in [0.15, 0.2) is 5.65 Å². The topological polar surface area (TPSA) is 130 Å². The predicted molar refractivity (Wildman–Crippen MR) is 65.1 cm³/mol. The Hall–Kier alpha value is -2.03. The average molecular weight is 263 g/mol. The van der Waals surface area contributed by atoms with E-state index < -0.39 is 18.1 Å². The molecule has 8 nitrogen and oxygen atoms in total. The predicted octanol–water partition coefficient (Wildman–Crippen LogP) is -1.56. The Labute approximate surface area is 107 Å². The van der Waals surface area contributed by atoms with Crippen LogP contribution in [0.2, 0.25) is 0 Å². The Bertz CT molecular complexity index is 653. The molecule has 0 amide bonds. The molecule has 0 spiro atoms. The first-order valence-corrected chi connectivity index (χ1v) is 5.75. The van der Waals surface area contributed by atoms with Crippen molar-refractivity contribution in [1.82, 2.24) is 19.6 Å². The fourth-order valence-electron chi connectivity index (χ4n) is 2.35. The van der Waals surface area contributed by atoms with Crippen molar-refractivity contribution < 1.29 is 15.3 Å². The highest BCUT2D eigenvalue weighted by molar-refractivity contribution is 5.54. The molecular weight excluding hydrogens is 250 g/mol. The number of nitrogen functional groups attached to an aromatic ring is 1. The minimum absolute atomic E-state index is 0.190. The van der Waals surface area contributed by atoms with Gasteiger partial charge < -0.3 is 21.1 Å². The molecule has 100 valence electrons. The zero-order valence-electron chi connectivity index (χ0n) is 9.88. The third-order valence-corrected chi connectivity index (χ3v) is 3.36. The van der Waals surface area contributed by atoms with Gasteiger partial charge in [0, 0.05) is 11.5 Å². The Balaban J connectivity index is 2.11. The summed E-state index contributed by atoms with van der Waals surface area (Å²) in [6.45, 7) is -0.301. The molecule has 3 atom stereocenters. The van der Waals surface area contributed by atoms with Gasteiger partial charge in [-0.3, -0.25) is 0 Å². The third kappa shape index (κ3) is 1.69. The van der Waals surface area contributed by atoms with Gasteiger partial charge in [0.1, 0.15) is 12.4 Å². The first-order chi connectivity index (χ1) is 9.13. The van der Waals surface area contributed by atoms with Crippen LogP contribution in [0, 0.1) is 0 Å². The van der Waals surface area contributed by atoms with Crippen LogP contribution in [0.4, 0.5) is 5.95 Å². The molecule has 5 N–H and O–H groups in total. The quantitative estimate of drug-likeness (QED) is 0.482. The van der Waals surface area contributed by atoms with E-state index in [0.29, 0.717) is 16.8 Å².